The molecule has 0 N–H and O–H groups in total. The molecule has 0 atom stereocenters. The van der Waals surface area contributed by atoms with Crippen molar-refractivity contribution in [3.05, 3.63) is 22.2 Å². The molecule has 0 unspecified atom stereocenters. The van der Waals surface area contributed by atoms with Gasteiger partial charge < -0.3 is 4.74 Å². The Morgan fingerprint density at radius 3 is 2.33 bits per heavy atom. The highest BCUT2D eigenvalue weighted by molar-refractivity contribution is 6.30. The summed E-state index contributed by atoms with van der Waals surface area (Å²) in [4.78, 5) is 8.81. The molecule has 1 aliphatic carbocycles. The number of aryl methyl sites for hydroxylation is 1. The van der Waals surface area contributed by atoms with Crippen molar-refractivity contribution < 1.29 is 4.74 Å². The van der Waals surface area contributed by atoms with Gasteiger partial charge in [-0.25, -0.2) is 9.97 Å². The van der Waals surface area contributed by atoms with Crippen LogP contribution in [0.25, 0.3) is 0 Å². The van der Waals surface area contributed by atoms with E-state index in [1.165, 1.54) is 6.42 Å². The highest BCUT2D eigenvalue weighted by Crippen LogP contribution is 2.43. The topological polar surface area (TPSA) is 35.0 Å². The van der Waals surface area contributed by atoms with Crippen LogP contribution in [-0.4, -0.2) is 17.1 Å². The first-order chi connectivity index (χ1) is 7.09. The first kappa shape index (κ1) is 10.8. The Kier molecular flexibility index (Phi) is 2.69. The summed E-state index contributed by atoms with van der Waals surface area (Å²) >= 11 is 6.06. The van der Waals surface area contributed by atoms with Crippen LogP contribution in [0.1, 0.15) is 36.3 Å². The fourth-order valence-corrected chi connectivity index (χ4v) is 2.03. The molecule has 0 bridgehead atoms. The van der Waals surface area contributed by atoms with Gasteiger partial charge in [-0.3, -0.25) is 0 Å². The van der Waals surface area contributed by atoms with E-state index < -0.39 is 0 Å². The summed E-state index contributed by atoms with van der Waals surface area (Å²) in [5.41, 5.74) is 1.61. The lowest BCUT2D eigenvalue weighted by Crippen LogP contribution is -2.38. The molecule has 82 valence electrons. The molecular formula is C11H15ClN2O. The molecule has 0 radical (unpaired) electrons. The van der Waals surface area contributed by atoms with Gasteiger partial charge in [0.05, 0.1) is 0 Å². The van der Waals surface area contributed by atoms with Gasteiger partial charge >= 0.3 is 0 Å². The zero-order valence-corrected chi connectivity index (χ0v) is 10.1. The average molecular weight is 227 g/mol. The van der Waals surface area contributed by atoms with Crippen molar-refractivity contribution >= 4 is 11.6 Å². The Morgan fingerprint density at radius 2 is 1.93 bits per heavy atom. The highest BCUT2D eigenvalue weighted by Gasteiger charge is 2.42. The number of methoxy groups -OCH3 is 1. The van der Waals surface area contributed by atoms with Crippen LogP contribution in [-0.2, 0) is 10.3 Å². The largest absolute Gasteiger partial charge is 0.370 e. The number of nitrogens with zero attached hydrogens (tertiary/aromatic N) is 2. The van der Waals surface area contributed by atoms with Crippen molar-refractivity contribution in [1.82, 2.24) is 9.97 Å². The number of hydrogen-bond acceptors (Lipinski definition) is 3. The van der Waals surface area contributed by atoms with Gasteiger partial charge in [-0.1, -0.05) is 11.6 Å². The monoisotopic (exact) mass is 226 g/mol. The molecule has 1 fully saturated rings. The molecule has 0 saturated heterocycles. The van der Waals surface area contributed by atoms with Crippen LogP contribution in [0.2, 0.25) is 5.15 Å². The second-order valence-electron chi connectivity index (χ2n) is 4.10. The zero-order chi connectivity index (χ0) is 11.1. The number of hydrogen-bond donors (Lipinski definition) is 0. The van der Waals surface area contributed by atoms with E-state index in [-0.39, 0.29) is 5.60 Å². The van der Waals surface area contributed by atoms with Crippen LogP contribution >= 0.6 is 11.6 Å². The molecule has 3 nitrogen and oxygen atoms in total. The number of halogens is 1. The minimum atomic E-state index is -0.276. The summed E-state index contributed by atoms with van der Waals surface area (Å²) in [6, 6.07) is 0. The molecule has 2 rings (SSSR count). The predicted molar refractivity (Wildman–Crippen MR) is 59.1 cm³/mol. The average Bonchev–Trinajstić information content (AvgIpc) is 2.13. The summed E-state index contributed by atoms with van der Waals surface area (Å²) in [6.45, 7) is 3.89. The minimum Gasteiger partial charge on any atom is -0.370 e. The molecule has 1 saturated carbocycles. The van der Waals surface area contributed by atoms with Crippen molar-refractivity contribution in [2.45, 2.75) is 38.7 Å². The normalized spacial score (nSPS) is 18.7. The van der Waals surface area contributed by atoms with Gasteiger partial charge in [0.15, 0.2) is 5.82 Å². The Morgan fingerprint density at radius 1 is 1.27 bits per heavy atom. The molecule has 0 aliphatic heterocycles. The summed E-state index contributed by atoms with van der Waals surface area (Å²) < 4.78 is 5.53. The maximum Gasteiger partial charge on any atom is 0.162 e. The molecule has 0 amide bonds. The van der Waals surface area contributed by atoms with Crippen molar-refractivity contribution in [2.24, 2.45) is 0 Å². The van der Waals surface area contributed by atoms with Crippen molar-refractivity contribution in [3.8, 4) is 0 Å². The van der Waals surface area contributed by atoms with E-state index in [9.17, 15) is 0 Å². The molecule has 1 aromatic heterocycles. The summed E-state index contributed by atoms with van der Waals surface area (Å²) in [6.07, 6.45) is 3.15. The van der Waals surface area contributed by atoms with Gasteiger partial charge in [-0.2, -0.15) is 0 Å². The SMILES string of the molecule is COC1(c2nc(C)c(C)c(Cl)n2)CCC1. The van der Waals surface area contributed by atoms with E-state index >= 15 is 0 Å². The minimum absolute atomic E-state index is 0.276. The molecule has 1 aromatic rings. The molecule has 15 heavy (non-hydrogen) atoms. The molecule has 4 heteroatoms. The number of aromatic nitrogens is 2. The van der Waals surface area contributed by atoms with Crippen LogP contribution in [0, 0.1) is 13.8 Å². The lowest BCUT2D eigenvalue weighted by molar-refractivity contribution is -0.0847. The second kappa shape index (κ2) is 3.72. The molecule has 1 heterocycles. The van der Waals surface area contributed by atoms with E-state index in [1.807, 2.05) is 13.8 Å². The number of rotatable bonds is 2. The van der Waals surface area contributed by atoms with Gasteiger partial charge in [0.2, 0.25) is 0 Å². The smallest absolute Gasteiger partial charge is 0.162 e. The highest BCUT2D eigenvalue weighted by atomic mass is 35.5. The van der Waals surface area contributed by atoms with E-state index in [2.05, 4.69) is 9.97 Å². The van der Waals surface area contributed by atoms with Crippen LogP contribution in [0.15, 0.2) is 0 Å². The third-order valence-electron chi connectivity index (χ3n) is 3.29. The van der Waals surface area contributed by atoms with Crippen molar-refractivity contribution in [3.63, 3.8) is 0 Å². The van der Waals surface area contributed by atoms with Crippen molar-refractivity contribution in [1.29, 1.82) is 0 Å². The summed E-state index contributed by atoms with van der Waals surface area (Å²) in [5, 5.41) is 0.542. The van der Waals surface area contributed by atoms with Gasteiger partial charge in [-0.15, -0.1) is 0 Å². The third-order valence-corrected chi connectivity index (χ3v) is 3.66. The molecule has 1 aliphatic rings. The lowest BCUT2D eigenvalue weighted by Gasteiger charge is -2.39. The Hall–Kier alpha value is -0.670. The Labute approximate surface area is 94.8 Å². The Bertz CT molecular complexity index is 360. The van der Waals surface area contributed by atoms with Gasteiger partial charge in [0.25, 0.3) is 0 Å². The van der Waals surface area contributed by atoms with Gasteiger partial charge in [0, 0.05) is 18.4 Å². The molecular weight excluding hydrogens is 212 g/mol. The molecule has 0 aromatic carbocycles. The van der Waals surface area contributed by atoms with Crippen LogP contribution in [0.5, 0.6) is 0 Å². The predicted octanol–water partition coefficient (Wildman–Crippen LogP) is 2.77. The fraction of sp³-hybridized carbons (Fsp3) is 0.636. The summed E-state index contributed by atoms with van der Waals surface area (Å²) in [5.74, 6) is 0.740. The van der Waals surface area contributed by atoms with Crippen molar-refractivity contribution in [2.75, 3.05) is 7.11 Å². The van der Waals surface area contributed by atoms with Gasteiger partial charge in [0.1, 0.15) is 10.8 Å². The quantitative estimate of drug-likeness (QED) is 0.728. The second-order valence-corrected chi connectivity index (χ2v) is 4.46. The van der Waals surface area contributed by atoms with Crippen LogP contribution < -0.4 is 0 Å². The van der Waals surface area contributed by atoms with E-state index in [1.54, 1.807) is 7.11 Å². The zero-order valence-electron chi connectivity index (χ0n) is 9.30. The third kappa shape index (κ3) is 1.64. The van der Waals surface area contributed by atoms with Crippen LogP contribution in [0.3, 0.4) is 0 Å². The van der Waals surface area contributed by atoms with Gasteiger partial charge in [-0.05, 0) is 33.1 Å². The first-order valence-corrected chi connectivity index (χ1v) is 5.53. The van der Waals surface area contributed by atoms with E-state index in [0.29, 0.717) is 5.15 Å². The van der Waals surface area contributed by atoms with E-state index in [4.69, 9.17) is 16.3 Å². The maximum atomic E-state index is 6.06. The lowest BCUT2D eigenvalue weighted by atomic mass is 9.79. The fourth-order valence-electron chi connectivity index (χ4n) is 1.81. The number of ether oxygens (including phenoxy) is 1. The standard InChI is InChI=1S/C11H15ClN2O/c1-7-8(2)13-10(14-9(7)12)11(15-3)5-4-6-11/h4-6H2,1-3H3. The molecule has 0 spiro atoms. The van der Waals surface area contributed by atoms with Crippen LogP contribution in [0.4, 0.5) is 0 Å². The van der Waals surface area contributed by atoms with E-state index in [0.717, 1.165) is 29.9 Å². The first-order valence-electron chi connectivity index (χ1n) is 5.15. The summed E-state index contributed by atoms with van der Waals surface area (Å²) in [7, 11) is 1.71. The maximum absolute atomic E-state index is 6.06. The Balaban J connectivity index is 2.45.